The van der Waals surface area contributed by atoms with E-state index in [-0.39, 0.29) is 11.7 Å². The average molecular weight is 426 g/mol. The van der Waals surface area contributed by atoms with Gasteiger partial charge in [0, 0.05) is 18.0 Å². The van der Waals surface area contributed by atoms with Crippen molar-refractivity contribution in [2.24, 2.45) is 5.73 Å². The van der Waals surface area contributed by atoms with Gasteiger partial charge >= 0.3 is 0 Å². The predicted octanol–water partition coefficient (Wildman–Crippen LogP) is 4.36. The number of fused-ring (bicyclic) bond motifs is 1. The third-order valence-electron chi connectivity index (χ3n) is 5.56. The number of amides is 1. The van der Waals surface area contributed by atoms with Crippen molar-refractivity contribution in [3.05, 3.63) is 90.0 Å². The van der Waals surface area contributed by atoms with Gasteiger partial charge < -0.3 is 20.9 Å². The van der Waals surface area contributed by atoms with Crippen molar-refractivity contribution in [1.29, 1.82) is 0 Å². The summed E-state index contributed by atoms with van der Waals surface area (Å²) in [6, 6.07) is 24.1. The Labute approximate surface area is 185 Å². The first-order valence-electron chi connectivity index (χ1n) is 10.4. The maximum Gasteiger partial charge on any atom is 0.254 e. The molecule has 3 aromatic carbocycles. The van der Waals surface area contributed by atoms with E-state index in [1.807, 2.05) is 66.7 Å². The summed E-state index contributed by atoms with van der Waals surface area (Å²) in [7, 11) is 0. The lowest BCUT2D eigenvalue weighted by Crippen LogP contribution is -2.27. The molecule has 32 heavy (non-hydrogen) atoms. The molecule has 0 aliphatic carbocycles. The van der Waals surface area contributed by atoms with Crippen LogP contribution in [0.4, 0.5) is 5.82 Å². The molecule has 160 valence electrons. The van der Waals surface area contributed by atoms with Crippen LogP contribution in [0.1, 0.15) is 21.8 Å². The van der Waals surface area contributed by atoms with E-state index >= 15 is 0 Å². The molecule has 0 saturated carbocycles. The van der Waals surface area contributed by atoms with Crippen LogP contribution in [0.3, 0.4) is 0 Å². The second-order valence-corrected chi connectivity index (χ2v) is 7.73. The second-order valence-electron chi connectivity index (χ2n) is 7.73. The largest absolute Gasteiger partial charge is 0.508 e. The Bertz CT molecular complexity index is 1270. The minimum absolute atomic E-state index is 0.102. The molecule has 0 saturated heterocycles. The lowest BCUT2D eigenvalue weighted by Gasteiger charge is -2.25. The zero-order valence-electron chi connectivity index (χ0n) is 17.2. The van der Waals surface area contributed by atoms with E-state index in [0.717, 1.165) is 16.9 Å². The van der Waals surface area contributed by atoms with Crippen LogP contribution in [0.5, 0.6) is 17.2 Å². The van der Waals surface area contributed by atoms with Gasteiger partial charge in [0.05, 0.1) is 6.54 Å². The molecule has 7 heteroatoms. The minimum Gasteiger partial charge on any atom is -0.508 e. The summed E-state index contributed by atoms with van der Waals surface area (Å²) in [5.41, 5.74) is 8.41. The number of aromatic hydroxyl groups is 1. The number of para-hydroxylation sites is 1. The molecular weight excluding hydrogens is 404 g/mol. The second kappa shape index (κ2) is 8.11. The molecule has 0 fully saturated rings. The Kier molecular flexibility index (Phi) is 4.99. The summed E-state index contributed by atoms with van der Waals surface area (Å²) in [5, 5.41) is 17.8. The van der Waals surface area contributed by atoms with Crippen LogP contribution in [0.2, 0.25) is 0 Å². The fourth-order valence-electron chi connectivity index (χ4n) is 4.01. The SMILES string of the molecule is NC(=O)c1c(-c2ccc(Oc3ccccc3)cc2)nn2c1NCC(c1cccc(O)c1)C2. The van der Waals surface area contributed by atoms with E-state index in [9.17, 15) is 9.90 Å². The van der Waals surface area contributed by atoms with Gasteiger partial charge in [-0.25, -0.2) is 4.68 Å². The van der Waals surface area contributed by atoms with E-state index in [4.69, 9.17) is 15.6 Å². The zero-order valence-corrected chi connectivity index (χ0v) is 17.2. The molecule has 1 aliphatic rings. The lowest BCUT2D eigenvalue weighted by molar-refractivity contribution is 0.100. The Hall–Kier alpha value is -4.26. The van der Waals surface area contributed by atoms with Crippen LogP contribution in [0, 0.1) is 0 Å². The number of carbonyl (C=O) groups excluding carboxylic acids is 1. The number of nitrogens with zero attached hydrogens (tertiary/aromatic N) is 2. The fraction of sp³-hybridized carbons (Fsp3) is 0.120. The number of benzene rings is 3. The highest BCUT2D eigenvalue weighted by atomic mass is 16.5. The fourth-order valence-corrected chi connectivity index (χ4v) is 4.01. The number of hydrogen-bond donors (Lipinski definition) is 3. The topological polar surface area (TPSA) is 102 Å². The van der Waals surface area contributed by atoms with Crippen molar-refractivity contribution in [3.8, 4) is 28.5 Å². The molecule has 0 spiro atoms. The molecule has 4 aromatic rings. The molecule has 1 atom stereocenters. The summed E-state index contributed by atoms with van der Waals surface area (Å²) in [5.74, 6) is 1.85. The number of anilines is 1. The zero-order chi connectivity index (χ0) is 22.1. The molecule has 4 N–H and O–H groups in total. The number of phenolic OH excluding ortho intramolecular Hbond substituents is 1. The molecule has 1 unspecified atom stereocenters. The third-order valence-corrected chi connectivity index (χ3v) is 5.56. The number of nitrogens with two attached hydrogens (primary N) is 1. The number of nitrogens with one attached hydrogen (secondary N) is 1. The van der Waals surface area contributed by atoms with E-state index in [2.05, 4.69) is 5.32 Å². The molecule has 0 bridgehead atoms. The molecule has 0 radical (unpaired) electrons. The number of ether oxygens (including phenoxy) is 1. The normalized spacial score (nSPS) is 14.9. The molecule has 1 aliphatic heterocycles. The minimum atomic E-state index is -0.533. The van der Waals surface area contributed by atoms with Crippen LogP contribution < -0.4 is 15.8 Å². The Morgan fingerprint density at radius 3 is 2.50 bits per heavy atom. The monoisotopic (exact) mass is 426 g/mol. The van der Waals surface area contributed by atoms with Crippen LogP contribution in [-0.4, -0.2) is 27.3 Å². The van der Waals surface area contributed by atoms with Crippen molar-refractivity contribution in [2.45, 2.75) is 12.5 Å². The van der Waals surface area contributed by atoms with Crippen molar-refractivity contribution < 1.29 is 14.6 Å². The molecule has 1 aromatic heterocycles. The van der Waals surface area contributed by atoms with Gasteiger partial charge in [0.15, 0.2) is 0 Å². The highest BCUT2D eigenvalue weighted by Crippen LogP contribution is 2.35. The van der Waals surface area contributed by atoms with Crippen LogP contribution in [0.25, 0.3) is 11.3 Å². The Balaban J connectivity index is 1.44. The molecule has 2 heterocycles. The van der Waals surface area contributed by atoms with Crippen molar-refractivity contribution in [1.82, 2.24) is 9.78 Å². The highest BCUT2D eigenvalue weighted by Gasteiger charge is 2.29. The summed E-state index contributed by atoms with van der Waals surface area (Å²) in [6.07, 6.45) is 0. The number of aromatic nitrogens is 2. The Morgan fingerprint density at radius 1 is 1.03 bits per heavy atom. The van der Waals surface area contributed by atoms with Gasteiger partial charge in [-0.2, -0.15) is 5.10 Å². The summed E-state index contributed by atoms with van der Waals surface area (Å²) in [4.78, 5) is 12.3. The molecular formula is C25H22N4O3. The first-order chi connectivity index (χ1) is 15.6. The van der Waals surface area contributed by atoms with E-state index < -0.39 is 5.91 Å². The van der Waals surface area contributed by atoms with Gasteiger partial charge in [-0.05, 0) is 54.1 Å². The molecule has 5 rings (SSSR count). The van der Waals surface area contributed by atoms with Gasteiger partial charge in [0.25, 0.3) is 5.91 Å². The van der Waals surface area contributed by atoms with Crippen LogP contribution >= 0.6 is 0 Å². The summed E-state index contributed by atoms with van der Waals surface area (Å²) >= 11 is 0. The first-order valence-corrected chi connectivity index (χ1v) is 10.4. The molecule has 7 nitrogen and oxygen atoms in total. The quantitative estimate of drug-likeness (QED) is 0.440. The Morgan fingerprint density at radius 2 is 1.78 bits per heavy atom. The predicted molar refractivity (Wildman–Crippen MR) is 122 cm³/mol. The standard InChI is InChI=1S/C25H22N4O3/c26-24(31)22-23(16-9-11-21(12-10-16)32-20-7-2-1-3-8-20)28-29-15-18(14-27-25(22)29)17-5-4-6-19(30)13-17/h1-13,18,27,30H,14-15H2,(H2,26,31). The van der Waals surface area contributed by atoms with Crippen LogP contribution in [0.15, 0.2) is 78.9 Å². The summed E-state index contributed by atoms with van der Waals surface area (Å²) in [6.45, 7) is 1.18. The number of hydrogen-bond acceptors (Lipinski definition) is 5. The van der Waals surface area contributed by atoms with Gasteiger partial charge in [-0.15, -0.1) is 0 Å². The van der Waals surface area contributed by atoms with E-state index in [1.165, 1.54) is 0 Å². The first kappa shape index (κ1) is 19.7. The highest BCUT2D eigenvalue weighted by molar-refractivity contribution is 6.03. The van der Waals surface area contributed by atoms with E-state index in [0.29, 0.717) is 35.9 Å². The van der Waals surface area contributed by atoms with Gasteiger partial charge in [0.2, 0.25) is 0 Å². The number of carbonyl (C=O) groups is 1. The van der Waals surface area contributed by atoms with Gasteiger partial charge in [-0.1, -0.05) is 30.3 Å². The smallest absolute Gasteiger partial charge is 0.254 e. The van der Waals surface area contributed by atoms with Gasteiger partial charge in [-0.3, -0.25) is 4.79 Å². The molecule has 1 amide bonds. The maximum absolute atomic E-state index is 12.3. The third kappa shape index (κ3) is 3.76. The average Bonchev–Trinajstić information content (AvgIpc) is 3.19. The number of primary amides is 1. The van der Waals surface area contributed by atoms with Crippen molar-refractivity contribution >= 4 is 11.7 Å². The maximum atomic E-state index is 12.3. The lowest BCUT2D eigenvalue weighted by atomic mass is 9.97. The van der Waals surface area contributed by atoms with E-state index in [1.54, 1.807) is 16.8 Å². The number of phenols is 1. The van der Waals surface area contributed by atoms with Crippen LogP contribution in [-0.2, 0) is 6.54 Å². The van der Waals surface area contributed by atoms with Crippen molar-refractivity contribution in [3.63, 3.8) is 0 Å². The summed E-state index contributed by atoms with van der Waals surface area (Å²) < 4.78 is 7.63. The number of rotatable bonds is 5. The van der Waals surface area contributed by atoms with Gasteiger partial charge in [0.1, 0.15) is 34.3 Å². The van der Waals surface area contributed by atoms with Crippen molar-refractivity contribution in [2.75, 3.05) is 11.9 Å².